The summed E-state index contributed by atoms with van der Waals surface area (Å²) in [4.78, 5) is 26.0. The molecule has 0 fully saturated rings. The maximum Gasteiger partial charge on any atom is 0.291 e. The van der Waals surface area contributed by atoms with E-state index < -0.39 is 0 Å². The molecule has 3 aromatic carbocycles. The fourth-order valence-corrected chi connectivity index (χ4v) is 4.29. The van der Waals surface area contributed by atoms with E-state index in [2.05, 4.69) is 10.4 Å². The number of aromatic nitrogens is 3. The number of carbonyl (C=O) groups excluding carboxylic acids is 1. The molecule has 0 aliphatic heterocycles. The number of nitrogens with one attached hydrogen (secondary N) is 1. The van der Waals surface area contributed by atoms with Gasteiger partial charge in [0.15, 0.2) is 0 Å². The average molecular weight is 457 g/mol. The lowest BCUT2D eigenvalue weighted by Gasteiger charge is -2.10. The monoisotopic (exact) mass is 456 g/mol. The van der Waals surface area contributed by atoms with Crippen LogP contribution in [0.4, 0.5) is 0 Å². The summed E-state index contributed by atoms with van der Waals surface area (Å²) in [5.41, 5.74) is 3.17. The number of carbonyl (C=O) groups is 1. The average Bonchev–Trinajstić information content (AvgIpc) is 3.14. The second kappa shape index (κ2) is 8.92. The van der Waals surface area contributed by atoms with Crippen LogP contribution in [0, 0.1) is 0 Å². The van der Waals surface area contributed by atoms with Crippen molar-refractivity contribution in [3.05, 3.63) is 112 Å². The first-order valence-electron chi connectivity index (χ1n) is 10.6. The molecule has 1 amide bonds. The lowest BCUT2D eigenvalue weighted by molar-refractivity contribution is -0.122. The third-order valence-corrected chi connectivity index (χ3v) is 5.86. The zero-order valence-electron chi connectivity index (χ0n) is 17.7. The molecular weight excluding hydrogens is 436 g/mol. The van der Waals surface area contributed by atoms with E-state index in [1.165, 1.54) is 4.68 Å². The third-order valence-electron chi connectivity index (χ3n) is 5.63. The predicted molar refractivity (Wildman–Crippen MR) is 130 cm³/mol. The predicted octanol–water partition coefficient (Wildman–Crippen LogP) is 4.37. The van der Waals surface area contributed by atoms with E-state index in [0.717, 1.165) is 27.4 Å². The van der Waals surface area contributed by atoms with Gasteiger partial charge in [-0.2, -0.15) is 5.10 Å². The van der Waals surface area contributed by atoms with Gasteiger partial charge in [-0.25, -0.2) is 4.68 Å². The van der Waals surface area contributed by atoms with E-state index in [-0.39, 0.29) is 18.0 Å². The van der Waals surface area contributed by atoms with E-state index in [4.69, 9.17) is 11.6 Å². The topological polar surface area (TPSA) is 68.9 Å². The molecule has 7 heteroatoms. The van der Waals surface area contributed by atoms with Crippen LogP contribution in [0.25, 0.3) is 21.8 Å². The van der Waals surface area contributed by atoms with Crippen molar-refractivity contribution in [1.82, 2.24) is 19.7 Å². The molecule has 0 aliphatic rings. The van der Waals surface area contributed by atoms with Gasteiger partial charge in [0.05, 0.1) is 6.20 Å². The molecule has 164 valence electrons. The number of amides is 1. The molecule has 5 rings (SSSR count). The molecule has 5 aromatic rings. The summed E-state index contributed by atoms with van der Waals surface area (Å²) in [6.45, 7) is 0.706. The lowest BCUT2D eigenvalue weighted by Crippen LogP contribution is -2.33. The highest BCUT2D eigenvalue weighted by Crippen LogP contribution is 2.27. The van der Waals surface area contributed by atoms with Gasteiger partial charge < -0.3 is 9.88 Å². The van der Waals surface area contributed by atoms with E-state index in [0.29, 0.717) is 23.6 Å². The zero-order valence-corrected chi connectivity index (χ0v) is 18.5. The van der Waals surface area contributed by atoms with E-state index in [1.807, 2.05) is 71.3 Å². The van der Waals surface area contributed by atoms with Crippen LogP contribution < -0.4 is 10.9 Å². The highest BCUT2D eigenvalue weighted by Gasteiger charge is 2.17. The highest BCUT2D eigenvalue weighted by molar-refractivity contribution is 6.30. The smallest absolute Gasteiger partial charge is 0.291 e. The minimum atomic E-state index is -0.297. The van der Waals surface area contributed by atoms with E-state index >= 15 is 0 Å². The number of para-hydroxylation sites is 1. The van der Waals surface area contributed by atoms with Crippen molar-refractivity contribution >= 4 is 39.3 Å². The fraction of sp³-hybridized carbons (Fsp3) is 0.115. The van der Waals surface area contributed by atoms with Crippen molar-refractivity contribution in [2.75, 3.05) is 0 Å². The fourth-order valence-electron chi connectivity index (χ4n) is 4.08. The normalized spacial score (nSPS) is 11.2. The Kier molecular flexibility index (Phi) is 5.67. The maximum absolute atomic E-state index is 13.4. The maximum atomic E-state index is 13.4. The van der Waals surface area contributed by atoms with Crippen molar-refractivity contribution in [2.24, 2.45) is 0 Å². The molecule has 6 nitrogen and oxygen atoms in total. The highest BCUT2D eigenvalue weighted by atomic mass is 35.5. The van der Waals surface area contributed by atoms with Crippen LogP contribution in [0.15, 0.2) is 89.9 Å². The van der Waals surface area contributed by atoms with E-state index in [1.54, 1.807) is 18.3 Å². The van der Waals surface area contributed by atoms with Crippen LogP contribution in [-0.4, -0.2) is 20.3 Å². The van der Waals surface area contributed by atoms with Crippen molar-refractivity contribution < 1.29 is 4.79 Å². The molecule has 0 saturated heterocycles. The van der Waals surface area contributed by atoms with Gasteiger partial charge in [0.25, 0.3) is 5.56 Å². The second-order valence-electron chi connectivity index (χ2n) is 7.87. The van der Waals surface area contributed by atoms with Crippen molar-refractivity contribution in [2.45, 2.75) is 19.6 Å². The number of rotatable bonds is 6. The Morgan fingerprint density at radius 1 is 0.909 bits per heavy atom. The first-order valence-corrected chi connectivity index (χ1v) is 11.0. The number of fused-ring (bicyclic) bond motifs is 3. The molecule has 0 spiro atoms. The lowest BCUT2D eigenvalue weighted by atomic mass is 10.2. The Bertz CT molecular complexity index is 1520. The van der Waals surface area contributed by atoms with Crippen LogP contribution in [0.3, 0.4) is 0 Å². The Morgan fingerprint density at radius 3 is 2.48 bits per heavy atom. The first-order chi connectivity index (χ1) is 16.1. The van der Waals surface area contributed by atoms with Crippen molar-refractivity contribution in [3.63, 3.8) is 0 Å². The van der Waals surface area contributed by atoms with Gasteiger partial charge in [-0.05, 0) is 29.3 Å². The Balaban J connectivity index is 1.49. The van der Waals surface area contributed by atoms with Crippen molar-refractivity contribution in [1.29, 1.82) is 0 Å². The molecule has 0 aliphatic carbocycles. The molecule has 1 N–H and O–H groups in total. The molecule has 0 bridgehead atoms. The molecule has 2 heterocycles. The van der Waals surface area contributed by atoms with Gasteiger partial charge in [-0.15, -0.1) is 0 Å². The molecule has 0 saturated carbocycles. The number of hydrogen-bond donors (Lipinski definition) is 1. The summed E-state index contributed by atoms with van der Waals surface area (Å²) in [6.07, 6.45) is 1.67. The minimum absolute atomic E-state index is 0.164. The quantitative estimate of drug-likeness (QED) is 0.412. The number of halogens is 1. The van der Waals surface area contributed by atoms with Crippen LogP contribution in [0.1, 0.15) is 11.1 Å². The van der Waals surface area contributed by atoms with Gasteiger partial charge in [0, 0.05) is 34.4 Å². The van der Waals surface area contributed by atoms with Gasteiger partial charge in [-0.3, -0.25) is 9.59 Å². The van der Waals surface area contributed by atoms with Gasteiger partial charge in [0.1, 0.15) is 12.1 Å². The van der Waals surface area contributed by atoms with Crippen LogP contribution in [-0.2, 0) is 24.4 Å². The number of nitrogens with zero attached hydrogens (tertiary/aromatic N) is 3. The van der Waals surface area contributed by atoms with Crippen LogP contribution in [0.2, 0.25) is 5.02 Å². The molecule has 0 atom stereocenters. The first kappa shape index (κ1) is 21.0. The number of hydrogen-bond acceptors (Lipinski definition) is 3. The van der Waals surface area contributed by atoms with Gasteiger partial charge in [0.2, 0.25) is 5.91 Å². The summed E-state index contributed by atoms with van der Waals surface area (Å²) in [5, 5.41) is 9.47. The minimum Gasteiger partial charge on any atom is -0.350 e. The summed E-state index contributed by atoms with van der Waals surface area (Å²) < 4.78 is 3.22. The second-order valence-corrected chi connectivity index (χ2v) is 8.30. The van der Waals surface area contributed by atoms with Crippen molar-refractivity contribution in [3.8, 4) is 0 Å². The molecule has 2 aromatic heterocycles. The summed E-state index contributed by atoms with van der Waals surface area (Å²) in [7, 11) is 0. The van der Waals surface area contributed by atoms with E-state index in [9.17, 15) is 9.59 Å². The molecule has 0 unspecified atom stereocenters. The molecular formula is C26H21ClN4O2. The Morgan fingerprint density at radius 2 is 1.67 bits per heavy atom. The summed E-state index contributed by atoms with van der Waals surface area (Å²) in [5.74, 6) is -0.297. The molecule has 0 radical (unpaired) electrons. The van der Waals surface area contributed by atoms with Gasteiger partial charge in [-0.1, -0.05) is 72.3 Å². The standard InChI is InChI=1S/C26H21ClN4O2/c27-20-10-6-9-19(13-20)14-28-24(32)17-31-26(33)25-22(15-29-31)21-11-4-5-12-23(21)30(25)16-18-7-2-1-3-8-18/h1-13,15H,14,16-17H2,(H,28,32). The zero-order chi connectivity index (χ0) is 22.8. The Hall–Kier alpha value is -3.90. The largest absolute Gasteiger partial charge is 0.350 e. The van der Waals surface area contributed by atoms with Crippen LogP contribution >= 0.6 is 11.6 Å². The molecule has 33 heavy (non-hydrogen) atoms. The number of benzene rings is 3. The Labute approximate surface area is 195 Å². The van der Waals surface area contributed by atoms with Gasteiger partial charge >= 0.3 is 0 Å². The summed E-state index contributed by atoms with van der Waals surface area (Å²) >= 11 is 6.00. The third kappa shape index (κ3) is 4.25. The van der Waals surface area contributed by atoms with Crippen LogP contribution in [0.5, 0.6) is 0 Å². The SMILES string of the molecule is O=C(Cn1ncc2c3ccccc3n(Cc3ccccc3)c2c1=O)NCc1cccc(Cl)c1. The summed E-state index contributed by atoms with van der Waals surface area (Å²) in [6, 6.07) is 25.2.